The van der Waals surface area contributed by atoms with Gasteiger partial charge in [0.25, 0.3) is 0 Å². The van der Waals surface area contributed by atoms with Crippen molar-refractivity contribution in [3.63, 3.8) is 0 Å². The van der Waals surface area contributed by atoms with Crippen LogP contribution in [0.3, 0.4) is 0 Å². The number of rotatable bonds is 6. The Morgan fingerprint density at radius 1 is 1.00 bits per heavy atom. The van der Waals surface area contributed by atoms with Crippen LogP contribution < -0.4 is 5.32 Å². The standard InChI is InChI=1S/C20H18N6O2/c1-2-28-13-19(27)22-16-5-3-14(4-6-16)17-7-8-18-23-24-20(26(18)25-17)15-9-11-21-12-10-15/h3-12H,2,13H2,1H3,(H,22,27). The molecule has 0 saturated heterocycles. The van der Waals surface area contributed by atoms with Crippen LogP contribution in [0.4, 0.5) is 5.69 Å². The van der Waals surface area contributed by atoms with Gasteiger partial charge in [0.2, 0.25) is 5.91 Å². The van der Waals surface area contributed by atoms with E-state index in [9.17, 15) is 4.79 Å². The fraction of sp³-hybridized carbons (Fsp3) is 0.150. The van der Waals surface area contributed by atoms with E-state index in [0.29, 0.717) is 23.8 Å². The SMILES string of the molecule is CCOCC(=O)Nc1ccc(-c2ccc3nnc(-c4ccncc4)n3n2)cc1. The van der Waals surface area contributed by atoms with E-state index in [0.717, 1.165) is 16.8 Å². The third kappa shape index (κ3) is 3.72. The average molecular weight is 374 g/mol. The van der Waals surface area contributed by atoms with Gasteiger partial charge in [-0.05, 0) is 43.3 Å². The van der Waals surface area contributed by atoms with Gasteiger partial charge in [-0.1, -0.05) is 12.1 Å². The minimum absolute atomic E-state index is 0.0435. The second-order valence-corrected chi connectivity index (χ2v) is 6.01. The highest BCUT2D eigenvalue weighted by molar-refractivity contribution is 5.91. The van der Waals surface area contributed by atoms with Crippen molar-refractivity contribution in [1.82, 2.24) is 24.8 Å². The van der Waals surface area contributed by atoms with Gasteiger partial charge in [-0.25, -0.2) is 0 Å². The van der Waals surface area contributed by atoms with Gasteiger partial charge in [0, 0.05) is 35.8 Å². The molecule has 1 amide bonds. The van der Waals surface area contributed by atoms with Crippen molar-refractivity contribution in [1.29, 1.82) is 0 Å². The molecule has 0 radical (unpaired) electrons. The van der Waals surface area contributed by atoms with Gasteiger partial charge in [-0.3, -0.25) is 9.78 Å². The van der Waals surface area contributed by atoms with Gasteiger partial charge in [0.15, 0.2) is 11.5 Å². The fourth-order valence-corrected chi connectivity index (χ4v) is 2.74. The molecule has 8 nitrogen and oxygen atoms in total. The van der Waals surface area contributed by atoms with Gasteiger partial charge in [0.05, 0.1) is 5.69 Å². The van der Waals surface area contributed by atoms with E-state index in [2.05, 4.69) is 25.6 Å². The summed E-state index contributed by atoms with van der Waals surface area (Å²) in [4.78, 5) is 15.8. The van der Waals surface area contributed by atoms with Crippen LogP contribution in [-0.4, -0.2) is 43.9 Å². The number of fused-ring (bicyclic) bond motifs is 1. The van der Waals surface area contributed by atoms with Gasteiger partial charge in [-0.15, -0.1) is 10.2 Å². The third-order valence-corrected chi connectivity index (χ3v) is 4.10. The molecule has 0 spiro atoms. The Morgan fingerprint density at radius 2 is 1.79 bits per heavy atom. The van der Waals surface area contributed by atoms with Crippen molar-refractivity contribution in [2.24, 2.45) is 0 Å². The Balaban J connectivity index is 1.60. The van der Waals surface area contributed by atoms with Crippen molar-refractivity contribution in [3.05, 3.63) is 60.9 Å². The molecule has 4 aromatic rings. The van der Waals surface area contributed by atoms with Crippen LogP contribution in [0.15, 0.2) is 60.9 Å². The summed E-state index contributed by atoms with van der Waals surface area (Å²) in [6, 6.07) is 15.0. The molecule has 1 aromatic carbocycles. The van der Waals surface area contributed by atoms with Crippen LogP contribution in [-0.2, 0) is 9.53 Å². The van der Waals surface area contributed by atoms with Crippen LogP contribution in [0, 0.1) is 0 Å². The van der Waals surface area contributed by atoms with Gasteiger partial charge in [0.1, 0.15) is 6.61 Å². The maximum absolute atomic E-state index is 11.7. The number of nitrogens with zero attached hydrogens (tertiary/aromatic N) is 5. The van der Waals surface area contributed by atoms with E-state index >= 15 is 0 Å². The molecule has 140 valence electrons. The molecule has 3 aromatic heterocycles. The first-order valence-corrected chi connectivity index (χ1v) is 8.85. The predicted octanol–water partition coefficient (Wildman–Crippen LogP) is 2.83. The van der Waals surface area contributed by atoms with Gasteiger partial charge >= 0.3 is 0 Å². The maximum Gasteiger partial charge on any atom is 0.250 e. The topological polar surface area (TPSA) is 94.3 Å². The normalized spacial score (nSPS) is 10.9. The Hall–Kier alpha value is -3.65. The lowest BCUT2D eigenvalue weighted by Gasteiger charge is -2.07. The van der Waals surface area contributed by atoms with Crippen LogP contribution in [0.5, 0.6) is 0 Å². The van der Waals surface area contributed by atoms with E-state index < -0.39 is 0 Å². The Bertz CT molecular complexity index is 1090. The minimum atomic E-state index is -0.180. The van der Waals surface area contributed by atoms with E-state index in [1.54, 1.807) is 16.9 Å². The molecule has 0 aliphatic carbocycles. The second-order valence-electron chi connectivity index (χ2n) is 6.01. The molecule has 3 heterocycles. The van der Waals surface area contributed by atoms with E-state index in [1.165, 1.54) is 0 Å². The summed E-state index contributed by atoms with van der Waals surface area (Å²) in [7, 11) is 0. The molecule has 4 rings (SSSR count). The molecule has 0 unspecified atom stereocenters. The van der Waals surface area contributed by atoms with Crippen LogP contribution in [0.1, 0.15) is 6.92 Å². The Kier molecular flexibility index (Phi) is 5.03. The molecule has 0 saturated carbocycles. The van der Waals surface area contributed by atoms with Crippen molar-refractivity contribution < 1.29 is 9.53 Å². The highest BCUT2D eigenvalue weighted by Crippen LogP contribution is 2.22. The van der Waals surface area contributed by atoms with Crippen molar-refractivity contribution >= 4 is 17.2 Å². The number of amides is 1. The van der Waals surface area contributed by atoms with Crippen LogP contribution >= 0.6 is 0 Å². The quantitative estimate of drug-likeness (QED) is 0.558. The van der Waals surface area contributed by atoms with E-state index in [4.69, 9.17) is 4.74 Å². The predicted molar refractivity (Wildman–Crippen MR) is 105 cm³/mol. The monoisotopic (exact) mass is 374 g/mol. The molecule has 0 atom stereocenters. The molecule has 1 N–H and O–H groups in total. The fourth-order valence-electron chi connectivity index (χ4n) is 2.74. The first-order valence-electron chi connectivity index (χ1n) is 8.85. The number of aromatic nitrogens is 5. The van der Waals surface area contributed by atoms with Crippen LogP contribution in [0.25, 0.3) is 28.3 Å². The van der Waals surface area contributed by atoms with E-state index in [1.807, 2.05) is 55.5 Å². The number of anilines is 1. The maximum atomic E-state index is 11.7. The number of ether oxygens (including phenoxy) is 1. The molecule has 0 bridgehead atoms. The lowest BCUT2D eigenvalue weighted by atomic mass is 10.1. The first kappa shape index (κ1) is 17.7. The number of carbonyl (C=O) groups is 1. The molecular weight excluding hydrogens is 356 g/mol. The third-order valence-electron chi connectivity index (χ3n) is 4.10. The Labute approximate surface area is 161 Å². The summed E-state index contributed by atoms with van der Waals surface area (Å²) in [5.41, 5.74) is 3.94. The molecule has 8 heteroatoms. The summed E-state index contributed by atoms with van der Waals surface area (Å²) < 4.78 is 6.81. The smallest absolute Gasteiger partial charge is 0.250 e. The summed E-state index contributed by atoms with van der Waals surface area (Å²) >= 11 is 0. The van der Waals surface area contributed by atoms with E-state index in [-0.39, 0.29) is 12.5 Å². The summed E-state index contributed by atoms with van der Waals surface area (Å²) in [6.45, 7) is 2.40. The summed E-state index contributed by atoms with van der Waals surface area (Å²) in [5.74, 6) is 0.472. The lowest BCUT2D eigenvalue weighted by molar-refractivity contribution is -0.120. The van der Waals surface area contributed by atoms with Crippen molar-refractivity contribution in [2.75, 3.05) is 18.5 Å². The number of carbonyl (C=O) groups excluding carboxylic acids is 1. The molecule has 0 aliphatic rings. The molecule has 0 fully saturated rings. The molecular formula is C20H18N6O2. The lowest BCUT2D eigenvalue weighted by Crippen LogP contribution is -2.18. The average Bonchev–Trinajstić information content (AvgIpc) is 3.17. The number of pyridine rings is 1. The second kappa shape index (κ2) is 7.93. The van der Waals surface area contributed by atoms with Crippen molar-refractivity contribution in [3.8, 4) is 22.6 Å². The molecule has 0 aliphatic heterocycles. The summed E-state index contributed by atoms with van der Waals surface area (Å²) in [5, 5.41) is 15.9. The number of hydrogen-bond donors (Lipinski definition) is 1. The van der Waals surface area contributed by atoms with Gasteiger partial charge < -0.3 is 10.1 Å². The largest absolute Gasteiger partial charge is 0.372 e. The summed E-state index contributed by atoms with van der Waals surface area (Å²) in [6.07, 6.45) is 3.41. The minimum Gasteiger partial charge on any atom is -0.372 e. The zero-order valence-electron chi connectivity index (χ0n) is 15.2. The van der Waals surface area contributed by atoms with Gasteiger partial charge in [-0.2, -0.15) is 9.61 Å². The number of benzene rings is 1. The van der Waals surface area contributed by atoms with Crippen LogP contribution in [0.2, 0.25) is 0 Å². The number of nitrogens with one attached hydrogen (secondary N) is 1. The highest BCUT2D eigenvalue weighted by Gasteiger charge is 2.11. The number of hydrogen-bond acceptors (Lipinski definition) is 6. The van der Waals surface area contributed by atoms with Crippen molar-refractivity contribution in [2.45, 2.75) is 6.92 Å². The Morgan fingerprint density at radius 3 is 2.54 bits per heavy atom. The first-order chi connectivity index (χ1) is 13.7. The zero-order valence-corrected chi connectivity index (χ0v) is 15.2. The zero-order chi connectivity index (χ0) is 19.3. The molecule has 28 heavy (non-hydrogen) atoms. The highest BCUT2D eigenvalue weighted by atomic mass is 16.5.